The van der Waals surface area contributed by atoms with Crippen LogP contribution in [-0.2, 0) is 4.79 Å². The highest BCUT2D eigenvalue weighted by atomic mass is 16.1. The topological polar surface area (TPSA) is 71.8 Å². The van der Waals surface area contributed by atoms with E-state index in [1.54, 1.807) is 4.68 Å². The lowest BCUT2D eigenvalue weighted by Gasteiger charge is -2.29. The molecule has 23 heavy (non-hydrogen) atoms. The Bertz CT molecular complexity index is 732. The maximum Gasteiger partial charge on any atom is 0.255 e. The zero-order valence-electron chi connectivity index (χ0n) is 13.6. The number of amides is 1. The van der Waals surface area contributed by atoms with Gasteiger partial charge in [0.2, 0.25) is 5.95 Å². The van der Waals surface area contributed by atoms with Gasteiger partial charge in [-0.05, 0) is 31.4 Å². The van der Waals surface area contributed by atoms with Crippen molar-refractivity contribution in [3.8, 4) is 0 Å². The van der Waals surface area contributed by atoms with Crippen LogP contribution in [0.15, 0.2) is 47.9 Å². The second-order valence-corrected chi connectivity index (χ2v) is 6.16. The van der Waals surface area contributed by atoms with Crippen LogP contribution < -0.4 is 10.6 Å². The standard InChI is InChI=1S/C17H21N5O/c1-11(2)9-14-15(12(3)20-17-18-10-19-22(14)17)16(23)21-13-7-5-4-6-8-13/h4-8,10-11,14H,9H2,1-3H3,(H,21,23)(H,18,19,20)/t14-/m1/s1. The minimum atomic E-state index is -0.113. The second-order valence-electron chi connectivity index (χ2n) is 6.16. The molecule has 0 radical (unpaired) electrons. The molecule has 1 aliphatic heterocycles. The Kier molecular flexibility index (Phi) is 4.14. The number of para-hydroxylation sites is 1. The molecule has 6 nitrogen and oxygen atoms in total. The van der Waals surface area contributed by atoms with Gasteiger partial charge in [0.15, 0.2) is 0 Å². The number of anilines is 2. The van der Waals surface area contributed by atoms with E-state index in [-0.39, 0.29) is 11.9 Å². The van der Waals surface area contributed by atoms with Crippen LogP contribution in [-0.4, -0.2) is 20.7 Å². The van der Waals surface area contributed by atoms with Gasteiger partial charge in [-0.15, -0.1) is 0 Å². The lowest BCUT2D eigenvalue weighted by Crippen LogP contribution is -2.31. The smallest absolute Gasteiger partial charge is 0.255 e. The molecule has 0 fully saturated rings. The predicted octanol–water partition coefficient (Wildman–Crippen LogP) is 3.20. The number of hydrogen-bond acceptors (Lipinski definition) is 4. The van der Waals surface area contributed by atoms with E-state index < -0.39 is 0 Å². The van der Waals surface area contributed by atoms with Crippen molar-refractivity contribution in [2.75, 3.05) is 10.6 Å². The molecular weight excluding hydrogens is 290 g/mol. The molecule has 0 unspecified atom stereocenters. The molecule has 1 amide bonds. The van der Waals surface area contributed by atoms with E-state index in [9.17, 15) is 4.79 Å². The molecular formula is C17H21N5O. The number of allylic oxidation sites excluding steroid dienone is 1. The molecule has 2 heterocycles. The van der Waals surface area contributed by atoms with Crippen LogP contribution >= 0.6 is 0 Å². The van der Waals surface area contributed by atoms with E-state index >= 15 is 0 Å². The van der Waals surface area contributed by atoms with E-state index in [1.807, 2.05) is 37.3 Å². The summed E-state index contributed by atoms with van der Waals surface area (Å²) >= 11 is 0. The Balaban J connectivity index is 1.92. The molecule has 120 valence electrons. The number of rotatable bonds is 4. The fourth-order valence-electron chi connectivity index (χ4n) is 2.88. The Labute approximate surface area is 135 Å². The third-order valence-corrected chi connectivity index (χ3v) is 3.88. The van der Waals surface area contributed by atoms with Gasteiger partial charge in [0.25, 0.3) is 5.91 Å². The van der Waals surface area contributed by atoms with Crippen LogP contribution in [0.5, 0.6) is 0 Å². The first-order valence-electron chi connectivity index (χ1n) is 7.80. The molecule has 0 saturated carbocycles. The highest BCUT2D eigenvalue weighted by Crippen LogP contribution is 2.34. The number of nitrogens with zero attached hydrogens (tertiary/aromatic N) is 3. The van der Waals surface area contributed by atoms with Gasteiger partial charge < -0.3 is 10.6 Å². The highest BCUT2D eigenvalue weighted by Gasteiger charge is 2.32. The van der Waals surface area contributed by atoms with Crippen molar-refractivity contribution in [3.05, 3.63) is 47.9 Å². The van der Waals surface area contributed by atoms with Crippen LogP contribution in [0.2, 0.25) is 0 Å². The number of nitrogens with one attached hydrogen (secondary N) is 2. The molecule has 3 rings (SSSR count). The summed E-state index contributed by atoms with van der Waals surface area (Å²) in [5.41, 5.74) is 2.32. The van der Waals surface area contributed by atoms with E-state index in [2.05, 4.69) is 34.6 Å². The summed E-state index contributed by atoms with van der Waals surface area (Å²) < 4.78 is 1.80. The third kappa shape index (κ3) is 3.11. The summed E-state index contributed by atoms with van der Waals surface area (Å²) in [5.74, 6) is 1.01. The van der Waals surface area contributed by atoms with Crippen molar-refractivity contribution in [3.63, 3.8) is 0 Å². The first-order chi connectivity index (χ1) is 11.1. The number of carbonyl (C=O) groups excluding carboxylic acids is 1. The molecule has 1 atom stereocenters. The average molecular weight is 311 g/mol. The second kappa shape index (κ2) is 6.24. The molecule has 2 aromatic rings. The quantitative estimate of drug-likeness (QED) is 0.909. The number of aromatic nitrogens is 3. The van der Waals surface area contributed by atoms with Crippen LogP contribution in [0, 0.1) is 5.92 Å². The zero-order chi connectivity index (χ0) is 16.4. The monoisotopic (exact) mass is 311 g/mol. The number of benzene rings is 1. The van der Waals surface area contributed by atoms with Crippen molar-refractivity contribution in [2.24, 2.45) is 5.92 Å². The van der Waals surface area contributed by atoms with E-state index in [0.29, 0.717) is 17.4 Å². The SMILES string of the molecule is CC1=C(C(=O)Nc2ccccc2)[C@@H](CC(C)C)n2ncnc2N1. The summed E-state index contributed by atoms with van der Waals surface area (Å²) in [6, 6.07) is 9.36. The van der Waals surface area contributed by atoms with E-state index in [4.69, 9.17) is 0 Å². The van der Waals surface area contributed by atoms with Gasteiger partial charge in [-0.2, -0.15) is 10.1 Å². The van der Waals surface area contributed by atoms with Gasteiger partial charge >= 0.3 is 0 Å². The van der Waals surface area contributed by atoms with Gasteiger partial charge in [-0.3, -0.25) is 4.79 Å². The van der Waals surface area contributed by atoms with Gasteiger partial charge in [0, 0.05) is 11.4 Å². The lowest BCUT2D eigenvalue weighted by molar-refractivity contribution is -0.113. The van der Waals surface area contributed by atoms with Crippen molar-refractivity contribution in [1.82, 2.24) is 14.8 Å². The summed E-state index contributed by atoms with van der Waals surface area (Å²) in [4.78, 5) is 17.0. The normalized spacial score (nSPS) is 17.0. The minimum absolute atomic E-state index is 0.104. The number of hydrogen-bond donors (Lipinski definition) is 2. The first kappa shape index (κ1) is 15.3. The molecule has 2 N–H and O–H groups in total. The van der Waals surface area contributed by atoms with Crippen molar-refractivity contribution in [1.29, 1.82) is 0 Å². The van der Waals surface area contributed by atoms with Gasteiger partial charge in [0.05, 0.1) is 11.6 Å². The maximum atomic E-state index is 12.8. The van der Waals surface area contributed by atoms with Crippen LogP contribution in [0.25, 0.3) is 0 Å². The molecule has 0 bridgehead atoms. The minimum Gasteiger partial charge on any atom is -0.328 e. The predicted molar refractivity (Wildman–Crippen MR) is 89.9 cm³/mol. The van der Waals surface area contributed by atoms with Crippen LogP contribution in [0.1, 0.15) is 33.2 Å². The van der Waals surface area contributed by atoms with E-state index in [0.717, 1.165) is 17.8 Å². The van der Waals surface area contributed by atoms with Crippen molar-refractivity contribution < 1.29 is 4.79 Å². The van der Waals surface area contributed by atoms with Gasteiger partial charge in [-0.1, -0.05) is 32.0 Å². The molecule has 1 aliphatic rings. The van der Waals surface area contributed by atoms with Crippen LogP contribution in [0.3, 0.4) is 0 Å². The van der Waals surface area contributed by atoms with Crippen molar-refractivity contribution >= 4 is 17.5 Å². The molecule has 6 heteroatoms. The summed E-state index contributed by atoms with van der Waals surface area (Å²) in [6.45, 7) is 6.19. The largest absolute Gasteiger partial charge is 0.328 e. The fraction of sp³-hybridized carbons (Fsp3) is 0.353. The number of fused-ring (bicyclic) bond motifs is 1. The summed E-state index contributed by atoms with van der Waals surface area (Å²) in [6.07, 6.45) is 2.34. The Hall–Kier alpha value is -2.63. The Morgan fingerprint density at radius 1 is 1.35 bits per heavy atom. The first-order valence-corrected chi connectivity index (χ1v) is 7.80. The highest BCUT2D eigenvalue weighted by molar-refractivity contribution is 6.05. The summed E-state index contributed by atoms with van der Waals surface area (Å²) in [7, 11) is 0. The fourth-order valence-corrected chi connectivity index (χ4v) is 2.88. The maximum absolute atomic E-state index is 12.8. The van der Waals surface area contributed by atoms with Crippen LogP contribution in [0.4, 0.5) is 11.6 Å². The molecule has 0 aliphatic carbocycles. The molecule has 0 saturated heterocycles. The lowest BCUT2D eigenvalue weighted by atomic mass is 9.94. The van der Waals surface area contributed by atoms with Gasteiger partial charge in [0.1, 0.15) is 6.33 Å². The third-order valence-electron chi connectivity index (χ3n) is 3.88. The molecule has 1 aromatic heterocycles. The van der Waals surface area contributed by atoms with Crippen molar-refractivity contribution in [2.45, 2.75) is 33.2 Å². The Morgan fingerprint density at radius 2 is 2.09 bits per heavy atom. The molecule has 1 aromatic carbocycles. The average Bonchev–Trinajstić information content (AvgIpc) is 2.95. The Morgan fingerprint density at radius 3 is 2.78 bits per heavy atom. The number of carbonyl (C=O) groups is 1. The van der Waals surface area contributed by atoms with E-state index in [1.165, 1.54) is 6.33 Å². The zero-order valence-corrected chi connectivity index (χ0v) is 13.6. The molecule has 0 spiro atoms. The summed E-state index contributed by atoms with van der Waals surface area (Å²) in [5, 5.41) is 10.4. The van der Waals surface area contributed by atoms with Gasteiger partial charge in [-0.25, -0.2) is 4.68 Å².